The molecule has 4 atom stereocenters. The van der Waals surface area contributed by atoms with Crippen LogP contribution < -0.4 is 5.32 Å². The van der Waals surface area contributed by atoms with Crippen molar-refractivity contribution in [3.63, 3.8) is 0 Å². The quantitative estimate of drug-likeness (QED) is 0.436. The van der Waals surface area contributed by atoms with E-state index in [0.29, 0.717) is 0 Å². The third-order valence-corrected chi connectivity index (χ3v) is 3.14. The van der Waals surface area contributed by atoms with Gasteiger partial charge in [0.25, 0.3) is 0 Å². The van der Waals surface area contributed by atoms with Crippen LogP contribution in [0.3, 0.4) is 0 Å². The Bertz CT molecular complexity index is 309. The Balaban J connectivity index is 2.73. The number of nitrogens with one attached hydrogen (secondary N) is 1. The number of halogens is 1. The molecule has 1 fully saturated rings. The lowest BCUT2D eigenvalue weighted by molar-refractivity contribution is -0.220. The largest absolute Gasteiger partial charge is 0.388 e. The Hall–Kier alpha value is -0.640. The fourth-order valence-corrected chi connectivity index (χ4v) is 1.95. The molecule has 0 aromatic carbocycles. The number of aliphatic hydroxyl groups excluding tert-OH is 3. The van der Waals surface area contributed by atoms with E-state index in [-0.39, 0.29) is 32.2 Å². The van der Waals surface area contributed by atoms with E-state index in [1.807, 2.05) is 0 Å². The zero-order chi connectivity index (χ0) is 15.1. The molecule has 1 aliphatic heterocycles. The molecule has 1 heterocycles. The Morgan fingerprint density at radius 1 is 1.45 bits per heavy atom. The van der Waals surface area contributed by atoms with E-state index in [1.165, 1.54) is 12.0 Å². The van der Waals surface area contributed by atoms with Gasteiger partial charge in [-0.05, 0) is 0 Å². The van der Waals surface area contributed by atoms with Crippen molar-refractivity contribution in [3.05, 3.63) is 0 Å². The summed E-state index contributed by atoms with van der Waals surface area (Å²) >= 11 is 5.50. The minimum absolute atomic E-state index is 0.162. The predicted octanol–water partition coefficient (Wildman–Crippen LogP) is -1.68. The molecule has 0 bridgehead atoms. The van der Waals surface area contributed by atoms with Gasteiger partial charge in [-0.15, -0.1) is 11.6 Å². The molecule has 0 aliphatic carbocycles. The smallest absolute Gasteiger partial charge is 0.319 e. The number of hydrogen-bond acceptors (Lipinski definition) is 6. The summed E-state index contributed by atoms with van der Waals surface area (Å²) in [6.45, 7) is 0.488. The van der Waals surface area contributed by atoms with Crippen molar-refractivity contribution in [1.82, 2.24) is 10.2 Å². The average Bonchev–Trinajstić information content (AvgIpc) is 2.44. The number of alkyl halides is 1. The third-order valence-electron chi connectivity index (χ3n) is 2.95. The van der Waals surface area contributed by atoms with E-state index in [9.17, 15) is 20.1 Å². The van der Waals surface area contributed by atoms with Crippen LogP contribution in [0.4, 0.5) is 4.79 Å². The van der Waals surface area contributed by atoms with Crippen LogP contribution in [-0.2, 0) is 9.47 Å². The highest BCUT2D eigenvalue weighted by Gasteiger charge is 2.42. The molecule has 0 unspecified atom stereocenters. The number of methoxy groups -OCH3 is 1. The number of nitrogens with zero attached hydrogens (tertiary/aromatic N) is 1. The highest BCUT2D eigenvalue weighted by atomic mass is 35.5. The first-order valence-electron chi connectivity index (χ1n) is 6.28. The van der Waals surface area contributed by atoms with Crippen LogP contribution in [0.2, 0.25) is 0 Å². The second-order valence-corrected chi connectivity index (χ2v) is 4.76. The SMILES string of the molecule is COCCN(C(=O)NCCCl)[C@@H]1OC[C@@H](O)[C@@H](O)[C@@H]1O. The van der Waals surface area contributed by atoms with Crippen molar-refractivity contribution in [2.75, 3.05) is 39.3 Å². The summed E-state index contributed by atoms with van der Waals surface area (Å²) in [4.78, 5) is 13.2. The zero-order valence-electron chi connectivity index (χ0n) is 11.2. The molecule has 0 aromatic heterocycles. The van der Waals surface area contributed by atoms with Gasteiger partial charge < -0.3 is 30.1 Å². The fourth-order valence-electron chi connectivity index (χ4n) is 1.85. The van der Waals surface area contributed by atoms with Gasteiger partial charge in [-0.25, -0.2) is 4.79 Å². The fraction of sp³-hybridized carbons (Fsp3) is 0.909. The van der Waals surface area contributed by atoms with Crippen molar-refractivity contribution < 1.29 is 29.6 Å². The maximum atomic E-state index is 12.0. The number of ether oxygens (including phenoxy) is 2. The third kappa shape index (κ3) is 4.44. The number of urea groups is 1. The van der Waals surface area contributed by atoms with Crippen molar-refractivity contribution >= 4 is 17.6 Å². The highest BCUT2D eigenvalue weighted by molar-refractivity contribution is 6.18. The maximum absolute atomic E-state index is 12.0. The van der Waals surface area contributed by atoms with Gasteiger partial charge in [0.1, 0.15) is 18.3 Å². The van der Waals surface area contributed by atoms with E-state index in [0.717, 1.165) is 0 Å². The Morgan fingerprint density at radius 3 is 2.75 bits per heavy atom. The standard InChI is InChI=1S/C11H21ClN2O6/c1-19-5-4-14(11(18)13-3-2-12)10-9(17)8(16)7(15)6-20-10/h7-10,15-17H,2-6H2,1H3,(H,13,18)/t7-,8-,9+,10-/m1/s1. The first-order valence-corrected chi connectivity index (χ1v) is 6.81. The molecule has 1 saturated heterocycles. The number of rotatable bonds is 6. The monoisotopic (exact) mass is 312 g/mol. The van der Waals surface area contributed by atoms with Crippen molar-refractivity contribution in [2.45, 2.75) is 24.5 Å². The highest BCUT2D eigenvalue weighted by Crippen LogP contribution is 2.19. The maximum Gasteiger partial charge on any atom is 0.319 e. The Kier molecular flexibility index (Phi) is 7.49. The summed E-state index contributed by atoms with van der Waals surface area (Å²) in [5.41, 5.74) is 0. The second kappa shape index (κ2) is 8.60. The predicted molar refractivity (Wildman–Crippen MR) is 70.5 cm³/mol. The summed E-state index contributed by atoms with van der Waals surface area (Å²) in [7, 11) is 1.48. The van der Waals surface area contributed by atoms with Crippen LogP contribution >= 0.6 is 11.6 Å². The van der Waals surface area contributed by atoms with Crippen LogP contribution in [0.15, 0.2) is 0 Å². The second-order valence-electron chi connectivity index (χ2n) is 4.38. The molecular formula is C11H21ClN2O6. The molecule has 118 valence electrons. The Morgan fingerprint density at radius 2 is 2.15 bits per heavy atom. The summed E-state index contributed by atoms with van der Waals surface area (Å²) in [6, 6.07) is -0.490. The summed E-state index contributed by atoms with van der Waals surface area (Å²) in [6.07, 6.45) is -5.02. The molecule has 2 amide bonds. The van der Waals surface area contributed by atoms with Crippen molar-refractivity contribution in [2.24, 2.45) is 0 Å². The normalized spacial score (nSPS) is 30.1. The zero-order valence-corrected chi connectivity index (χ0v) is 12.0. The first kappa shape index (κ1) is 17.4. The minimum atomic E-state index is -1.41. The molecule has 9 heteroatoms. The topological polar surface area (TPSA) is 111 Å². The molecule has 0 radical (unpaired) electrons. The van der Waals surface area contributed by atoms with Crippen LogP contribution in [-0.4, -0.2) is 90.1 Å². The number of carbonyl (C=O) groups is 1. The van der Waals surface area contributed by atoms with Gasteiger partial charge in [-0.3, -0.25) is 4.90 Å². The van der Waals surface area contributed by atoms with Crippen LogP contribution in [0.5, 0.6) is 0 Å². The molecule has 20 heavy (non-hydrogen) atoms. The van der Waals surface area contributed by atoms with Gasteiger partial charge in [-0.2, -0.15) is 0 Å². The lowest BCUT2D eigenvalue weighted by Crippen LogP contribution is -2.62. The van der Waals surface area contributed by atoms with E-state index in [4.69, 9.17) is 21.1 Å². The summed E-state index contributed by atoms with van der Waals surface area (Å²) in [5, 5.41) is 31.5. The van der Waals surface area contributed by atoms with E-state index >= 15 is 0 Å². The van der Waals surface area contributed by atoms with Gasteiger partial charge in [-0.1, -0.05) is 0 Å². The van der Waals surface area contributed by atoms with Crippen LogP contribution in [0.1, 0.15) is 0 Å². The van der Waals surface area contributed by atoms with Crippen LogP contribution in [0.25, 0.3) is 0 Å². The summed E-state index contributed by atoms with van der Waals surface area (Å²) in [5.74, 6) is 0.249. The van der Waals surface area contributed by atoms with Gasteiger partial charge in [0.2, 0.25) is 0 Å². The average molecular weight is 313 g/mol. The molecule has 4 N–H and O–H groups in total. The molecule has 8 nitrogen and oxygen atoms in total. The molecule has 1 aliphatic rings. The summed E-state index contributed by atoms with van der Waals surface area (Å²) < 4.78 is 10.2. The number of carbonyl (C=O) groups excluding carboxylic acids is 1. The first-order chi connectivity index (χ1) is 9.52. The van der Waals surface area contributed by atoms with E-state index < -0.39 is 30.6 Å². The number of hydrogen-bond donors (Lipinski definition) is 4. The molecule has 0 spiro atoms. The number of amides is 2. The van der Waals surface area contributed by atoms with Gasteiger partial charge in [0.05, 0.1) is 13.2 Å². The lowest BCUT2D eigenvalue weighted by atomic mass is 10.0. The van der Waals surface area contributed by atoms with Gasteiger partial charge >= 0.3 is 6.03 Å². The molecule has 0 aromatic rings. The number of aliphatic hydroxyl groups is 3. The van der Waals surface area contributed by atoms with E-state index in [2.05, 4.69) is 5.32 Å². The van der Waals surface area contributed by atoms with Gasteiger partial charge in [0.15, 0.2) is 6.23 Å². The molecular weight excluding hydrogens is 292 g/mol. The lowest BCUT2D eigenvalue weighted by Gasteiger charge is -2.41. The molecule has 0 saturated carbocycles. The minimum Gasteiger partial charge on any atom is -0.388 e. The Labute approximate surface area is 122 Å². The van der Waals surface area contributed by atoms with Crippen molar-refractivity contribution in [1.29, 1.82) is 0 Å². The van der Waals surface area contributed by atoms with Gasteiger partial charge in [0, 0.05) is 26.1 Å². The van der Waals surface area contributed by atoms with Crippen molar-refractivity contribution in [3.8, 4) is 0 Å². The molecule has 1 rings (SSSR count). The van der Waals surface area contributed by atoms with Crippen LogP contribution in [0, 0.1) is 0 Å². The van der Waals surface area contributed by atoms with E-state index in [1.54, 1.807) is 0 Å².